The van der Waals surface area contributed by atoms with E-state index in [-0.39, 0.29) is 17.4 Å². The lowest BCUT2D eigenvalue weighted by atomic mass is 10.2. The number of halogens is 1. The number of oxazole rings is 1. The molecule has 0 saturated heterocycles. The summed E-state index contributed by atoms with van der Waals surface area (Å²) < 4.78 is 18.8. The number of thiophene rings is 1. The van der Waals surface area contributed by atoms with Gasteiger partial charge >= 0.3 is 0 Å². The van der Waals surface area contributed by atoms with Gasteiger partial charge in [0.05, 0.1) is 6.54 Å². The number of aryl methyl sites for hydroxylation is 1. The Morgan fingerprint density at radius 1 is 1.17 bits per heavy atom. The van der Waals surface area contributed by atoms with Crippen molar-refractivity contribution in [3.05, 3.63) is 75.4 Å². The molecule has 160 valence electrons. The maximum Gasteiger partial charge on any atom is 0.273 e. The fraction of sp³-hybridized carbons (Fsp3) is 0.364. The van der Waals surface area contributed by atoms with E-state index in [1.165, 1.54) is 28.8 Å². The summed E-state index contributed by atoms with van der Waals surface area (Å²) >= 11 is 1.70. The van der Waals surface area contributed by atoms with Crippen molar-refractivity contribution in [1.29, 1.82) is 0 Å². The minimum atomic E-state index is -0.253. The van der Waals surface area contributed by atoms with Crippen LogP contribution in [-0.4, -0.2) is 47.9 Å². The third-order valence-electron chi connectivity index (χ3n) is 4.64. The number of nitrogens with one attached hydrogen (secondary N) is 1. The van der Waals surface area contributed by atoms with Crippen LogP contribution in [0.5, 0.6) is 0 Å². The van der Waals surface area contributed by atoms with E-state index in [0.29, 0.717) is 32.1 Å². The Kier molecular flexibility index (Phi) is 7.73. The van der Waals surface area contributed by atoms with E-state index in [1.54, 1.807) is 23.5 Å². The number of carbonyl (C=O) groups excluding carboxylic acids is 1. The van der Waals surface area contributed by atoms with Crippen LogP contribution in [0.25, 0.3) is 0 Å². The lowest BCUT2D eigenvalue weighted by Crippen LogP contribution is -2.31. The summed E-state index contributed by atoms with van der Waals surface area (Å²) in [6, 6.07) is 8.58. The van der Waals surface area contributed by atoms with Crippen molar-refractivity contribution >= 4 is 17.2 Å². The number of aromatic nitrogens is 1. The molecule has 0 saturated carbocycles. The van der Waals surface area contributed by atoms with Crippen molar-refractivity contribution in [1.82, 2.24) is 20.1 Å². The molecule has 1 amide bonds. The highest BCUT2D eigenvalue weighted by molar-refractivity contribution is 7.10. The van der Waals surface area contributed by atoms with Gasteiger partial charge < -0.3 is 14.6 Å². The average Bonchev–Trinajstić information content (AvgIpc) is 3.32. The van der Waals surface area contributed by atoms with Crippen LogP contribution in [0.4, 0.5) is 4.39 Å². The molecule has 0 aliphatic heterocycles. The minimum absolute atomic E-state index is 0.244. The van der Waals surface area contributed by atoms with Gasteiger partial charge in [0.15, 0.2) is 5.69 Å². The van der Waals surface area contributed by atoms with E-state index in [2.05, 4.69) is 33.6 Å². The first-order chi connectivity index (χ1) is 14.4. The molecule has 8 heteroatoms. The molecule has 0 bridgehead atoms. The summed E-state index contributed by atoms with van der Waals surface area (Å²) in [7, 11) is 3.90. The lowest BCUT2D eigenvalue weighted by molar-refractivity contribution is 0.0946. The Hall–Kier alpha value is -2.55. The summed E-state index contributed by atoms with van der Waals surface area (Å²) in [5, 5.41) is 4.91. The van der Waals surface area contributed by atoms with Crippen LogP contribution in [0.3, 0.4) is 0 Å². The molecule has 0 aliphatic carbocycles. The lowest BCUT2D eigenvalue weighted by Gasteiger charge is -2.20. The largest absolute Gasteiger partial charge is 0.447 e. The van der Waals surface area contributed by atoms with Gasteiger partial charge in [-0.15, -0.1) is 11.3 Å². The summed E-state index contributed by atoms with van der Waals surface area (Å²) in [5.41, 5.74) is 2.51. The SMILES string of the molecule is Cc1ccsc1CN(Cc1ccc(F)cc1)Cc1nc(C(=O)NCCN(C)C)co1. The predicted octanol–water partition coefficient (Wildman–Crippen LogP) is 3.68. The van der Waals surface area contributed by atoms with Crippen LogP contribution in [-0.2, 0) is 19.6 Å². The molecule has 6 nitrogen and oxygen atoms in total. The van der Waals surface area contributed by atoms with Crippen molar-refractivity contribution in [2.24, 2.45) is 0 Å². The molecule has 3 aromatic rings. The third-order valence-corrected chi connectivity index (χ3v) is 5.65. The van der Waals surface area contributed by atoms with Gasteiger partial charge in [0.2, 0.25) is 5.89 Å². The molecule has 0 atom stereocenters. The van der Waals surface area contributed by atoms with E-state index >= 15 is 0 Å². The van der Waals surface area contributed by atoms with Crippen LogP contribution in [0.1, 0.15) is 32.4 Å². The zero-order chi connectivity index (χ0) is 21.5. The monoisotopic (exact) mass is 430 g/mol. The fourth-order valence-corrected chi connectivity index (χ4v) is 3.90. The number of hydrogen-bond donors (Lipinski definition) is 1. The Balaban J connectivity index is 1.68. The Morgan fingerprint density at radius 2 is 1.93 bits per heavy atom. The van der Waals surface area contributed by atoms with Crippen LogP contribution in [0, 0.1) is 12.7 Å². The number of carbonyl (C=O) groups is 1. The number of hydrogen-bond acceptors (Lipinski definition) is 6. The maximum atomic E-state index is 13.3. The molecular weight excluding hydrogens is 403 g/mol. The molecule has 2 aromatic heterocycles. The van der Waals surface area contributed by atoms with Gasteiger partial charge in [-0.1, -0.05) is 12.1 Å². The van der Waals surface area contributed by atoms with Crippen LogP contribution >= 0.6 is 11.3 Å². The Labute approximate surface area is 180 Å². The molecule has 0 unspecified atom stereocenters. The number of amides is 1. The van der Waals surface area contributed by atoms with Gasteiger partial charge in [0.25, 0.3) is 5.91 Å². The fourth-order valence-electron chi connectivity index (χ4n) is 2.95. The van der Waals surface area contributed by atoms with Crippen molar-refractivity contribution in [3.63, 3.8) is 0 Å². The van der Waals surface area contributed by atoms with Gasteiger partial charge in [-0.25, -0.2) is 9.37 Å². The summed E-state index contributed by atoms with van der Waals surface area (Å²) in [5.74, 6) is -0.0212. The minimum Gasteiger partial charge on any atom is -0.447 e. The molecule has 0 fully saturated rings. The van der Waals surface area contributed by atoms with Gasteiger partial charge in [0.1, 0.15) is 12.1 Å². The van der Waals surface area contributed by atoms with Gasteiger partial charge in [-0.3, -0.25) is 9.69 Å². The smallest absolute Gasteiger partial charge is 0.273 e. The second-order valence-electron chi connectivity index (χ2n) is 7.48. The van der Waals surface area contributed by atoms with E-state index in [9.17, 15) is 9.18 Å². The first kappa shape index (κ1) is 22.1. The third kappa shape index (κ3) is 6.48. The normalized spacial score (nSPS) is 11.4. The van der Waals surface area contributed by atoms with Crippen LogP contribution in [0.15, 0.2) is 46.4 Å². The standard InChI is InChI=1S/C22H27FN4O2S/c1-16-8-11-30-20(16)13-27(12-17-4-6-18(23)7-5-17)14-21-25-19(15-29-21)22(28)24-9-10-26(2)3/h4-8,11,15H,9-10,12-14H2,1-3H3,(H,24,28). The summed E-state index contributed by atoms with van der Waals surface area (Å²) in [6.45, 7) is 5.16. The molecule has 30 heavy (non-hydrogen) atoms. The number of nitrogens with zero attached hydrogens (tertiary/aromatic N) is 3. The second-order valence-corrected chi connectivity index (χ2v) is 8.48. The number of likely N-dealkylation sites (N-methyl/N-ethyl adjacent to an activating group) is 1. The van der Waals surface area contributed by atoms with E-state index in [0.717, 1.165) is 12.1 Å². The molecule has 0 spiro atoms. The molecule has 1 N–H and O–H groups in total. The second kappa shape index (κ2) is 10.5. The van der Waals surface area contributed by atoms with Gasteiger partial charge in [-0.05, 0) is 55.7 Å². The maximum absolute atomic E-state index is 13.3. The van der Waals surface area contributed by atoms with Crippen molar-refractivity contribution < 1.29 is 13.6 Å². The first-order valence-corrected chi connectivity index (χ1v) is 10.7. The highest BCUT2D eigenvalue weighted by Crippen LogP contribution is 2.21. The number of rotatable bonds is 10. The zero-order valence-electron chi connectivity index (χ0n) is 17.5. The van der Waals surface area contributed by atoms with Gasteiger partial charge in [0, 0.05) is 31.1 Å². The molecule has 3 rings (SSSR count). The first-order valence-electron chi connectivity index (χ1n) is 9.78. The highest BCUT2D eigenvalue weighted by Gasteiger charge is 2.16. The Bertz CT molecular complexity index is 952. The molecule has 0 radical (unpaired) electrons. The molecule has 1 aromatic carbocycles. The van der Waals surface area contributed by atoms with Crippen molar-refractivity contribution in [3.8, 4) is 0 Å². The van der Waals surface area contributed by atoms with Crippen LogP contribution in [0.2, 0.25) is 0 Å². The molecule has 2 heterocycles. The molecule has 0 aliphatic rings. The van der Waals surface area contributed by atoms with Crippen molar-refractivity contribution in [2.45, 2.75) is 26.6 Å². The average molecular weight is 431 g/mol. The van der Waals surface area contributed by atoms with Gasteiger partial charge in [-0.2, -0.15) is 0 Å². The van der Waals surface area contributed by atoms with E-state index in [1.807, 2.05) is 19.0 Å². The van der Waals surface area contributed by atoms with E-state index in [4.69, 9.17) is 4.42 Å². The van der Waals surface area contributed by atoms with E-state index < -0.39 is 0 Å². The quantitative estimate of drug-likeness (QED) is 0.532. The topological polar surface area (TPSA) is 61.6 Å². The number of benzene rings is 1. The van der Waals surface area contributed by atoms with Crippen LogP contribution < -0.4 is 5.32 Å². The molecular formula is C22H27FN4O2S. The summed E-state index contributed by atoms with van der Waals surface area (Å²) in [4.78, 5) is 22.0. The highest BCUT2D eigenvalue weighted by atomic mass is 32.1. The summed E-state index contributed by atoms with van der Waals surface area (Å²) in [6.07, 6.45) is 1.40. The van der Waals surface area contributed by atoms with Crippen molar-refractivity contribution in [2.75, 3.05) is 27.2 Å². The Morgan fingerprint density at radius 3 is 2.60 bits per heavy atom. The predicted molar refractivity (Wildman–Crippen MR) is 116 cm³/mol. The zero-order valence-corrected chi connectivity index (χ0v) is 18.3.